The van der Waals surface area contributed by atoms with Crippen LogP contribution < -0.4 is 0 Å². The second kappa shape index (κ2) is 5.44. The molecule has 1 aliphatic heterocycles. The zero-order valence-corrected chi connectivity index (χ0v) is 11.1. The van der Waals surface area contributed by atoms with Crippen molar-refractivity contribution in [2.45, 2.75) is 26.7 Å². The molecule has 0 aliphatic carbocycles. The molecule has 1 saturated heterocycles. The van der Waals surface area contributed by atoms with Crippen molar-refractivity contribution in [3.63, 3.8) is 0 Å². The van der Waals surface area contributed by atoms with Crippen molar-refractivity contribution in [2.24, 2.45) is 0 Å². The fourth-order valence-electron chi connectivity index (χ4n) is 1.91. The molecular formula is C13H19N3O2. The molecule has 1 fully saturated rings. The molecule has 1 aliphatic rings. The molecule has 1 aromatic rings. The van der Waals surface area contributed by atoms with Crippen LogP contribution in [0.3, 0.4) is 0 Å². The molecule has 98 valence electrons. The highest BCUT2D eigenvalue weighted by molar-refractivity contribution is 5.95. The molecule has 5 heteroatoms. The van der Waals surface area contributed by atoms with Gasteiger partial charge in [0.25, 0.3) is 5.91 Å². The lowest BCUT2D eigenvalue weighted by Gasteiger charge is -2.27. The first-order valence-electron chi connectivity index (χ1n) is 6.30. The van der Waals surface area contributed by atoms with Gasteiger partial charge in [-0.3, -0.25) is 4.79 Å². The molecule has 0 spiro atoms. The molecule has 0 N–H and O–H groups in total. The Labute approximate surface area is 107 Å². The summed E-state index contributed by atoms with van der Waals surface area (Å²) in [6.07, 6.45) is 1.65. The largest absolute Gasteiger partial charge is 0.378 e. The van der Waals surface area contributed by atoms with Crippen molar-refractivity contribution in [1.82, 2.24) is 14.9 Å². The molecule has 2 rings (SSSR count). The number of hydrogen-bond acceptors (Lipinski definition) is 4. The third-order valence-corrected chi connectivity index (χ3v) is 3.04. The second-order valence-electron chi connectivity index (χ2n) is 4.79. The average molecular weight is 249 g/mol. The minimum atomic E-state index is 0.00565. The van der Waals surface area contributed by atoms with Gasteiger partial charge in [-0.1, -0.05) is 13.8 Å². The first kappa shape index (κ1) is 13.0. The summed E-state index contributed by atoms with van der Waals surface area (Å²) in [6.45, 7) is 8.44. The monoisotopic (exact) mass is 249 g/mol. The number of hydrogen-bond donors (Lipinski definition) is 0. The summed E-state index contributed by atoms with van der Waals surface area (Å²) in [6, 6.07) is 0. The number of amides is 1. The van der Waals surface area contributed by atoms with Crippen molar-refractivity contribution in [1.29, 1.82) is 0 Å². The maximum absolute atomic E-state index is 12.3. The Kier molecular flexibility index (Phi) is 3.91. The lowest BCUT2D eigenvalue weighted by Crippen LogP contribution is -2.41. The van der Waals surface area contributed by atoms with Crippen molar-refractivity contribution in [3.8, 4) is 0 Å². The summed E-state index contributed by atoms with van der Waals surface area (Å²) >= 11 is 0. The Morgan fingerprint density at radius 2 is 2.06 bits per heavy atom. The minimum absolute atomic E-state index is 0.00565. The fourth-order valence-corrected chi connectivity index (χ4v) is 1.91. The predicted molar refractivity (Wildman–Crippen MR) is 67.6 cm³/mol. The van der Waals surface area contributed by atoms with Gasteiger partial charge in [0.2, 0.25) is 0 Å². The van der Waals surface area contributed by atoms with Gasteiger partial charge in [0.15, 0.2) is 0 Å². The normalized spacial score (nSPS) is 16.1. The third-order valence-electron chi connectivity index (χ3n) is 3.04. The minimum Gasteiger partial charge on any atom is -0.378 e. The Balaban J connectivity index is 2.19. The van der Waals surface area contributed by atoms with Gasteiger partial charge in [0, 0.05) is 25.2 Å². The first-order valence-corrected chi connectivity index (χ1v) is 6.30. The Hall–Kier alpha value is -1.49. The van der Waals surface area contributed by atoms with Gasteiger partial charge in [-0.15, -0.1) is 0 Å². The molecule has 1 amide bonds. The van der Waals surface area contributed by atoms with Crippen molar-refractivity contribution in [2.75, 3.05) is 26.3 Å². The molecule has 0 unspecified atom stereocenters. The number of nitrogens with zero attached hydrogens (tertiary/aromatic N) is 3. The summed E-state index contributed by atoms with van der Waals surface area (Å²) in [5.41, 5.74) is 1.35. The highest BCUT2D eigenvalue weighted by Gasteiger charge is 2.21. The Morgan fingerprint density at radius 3 is 2.61 bits per heavy atom. The maximum Gasteiger partial charge on any atom is 0.257 e. The van der Waals surface area contributed by atoms with E-state index in [2.05, 4.69) is 9.97 Å². The van der Waals surface area contributed by atoms with Crippen molar-refractivity contribution < 1.29 is 9.53 Å². The molecule has 0 radical (unpaired) electrons. The molecule has 2 heterocycles. The number of rotatable bonds is 2. The summed E-state index contributed by atoms with van der Waals surface area (Å²) < 4.78 is 5.24. The highest BCUT2D eigenvalue weighted by atomic mass is 16.5. The maximum atomic E-state index is 12.3. The molecule has 0 saturated carbocycles. The van der Waals surface area contributed by atoms with E-state index >= 15 is 0 Å². The number of ether oxygens (including phenoxy) is 1. The van der Waals surface area contributed by atoms with E-state index in [4.69, 9.17) is 4.74 Å². The molecule has 1 aromatic heterocycles. The van der Waals surface area contributed by atoms with Crippen molar-refractivity contribution in [3.05, 3.63) is 23.3 Å². The van der Waals surface area contributed by atoms with Gasteiger partial charge in [-0.2, -0.15) is 0 Å². The van der Waals surface area contributed by atoms with E-state index in [0.717, 1.165) is 11.5 Å². The molecule has 0 aromatic carbocycles. The van der Waals surface area contributed by atoms with Crippen LogP contribution in [-0.4, -0.2) is 47.1 Å². The van der Waals surface area contributed by atoms with E-state index in [-0.39, 0.29) is 11.8 Å². The van der Waals surface area contributed by atoms with Gasteiger partial charge < -0.3 is 9.64 Å². The average Bonchev–Trinajstić information content (AvgIpc) is 2.38. The van der Waals surface area contributed by atoms with Crippen molar-refractivity contribution >= 4 is 5.91 Å². The topological polar surface area (TPSA) is 55.3 Å². The Bertz CT molecular complexity index is 440. The number of aromatic nitrogens is 2. The van der Waals surface area contributed by atoms with E-state index in [1.165, 1.54) is 0 Å². The zero-order valence-electron chi connectivity index (χ0n) is 11.1. The zero-order chi connectivity index (χ0) is 13.1. The standard InChI is InChI=1S/C13H19N3O2/c1-9(2)12-14-8-11(10(3)15-12)13(17)16-4-6-18-7-5-16/h8-9H,4-7H2,1-3H3. The van der Waals surface area contributed by atoms with E-state index in [1.54, 1.807) is 11.1 Å². The van der Waals surface area contributed by atoms with E-state index in [9.17, 15) is 4.79 Å². The lowest BCUT2D eigenvalue weighted by molar-refractivity contribution is 0.0301. The number of carbonyl (C=O) groups excluding carboxylic acids is 1. The molecule has 18 heavy (non-hydrogen) atoms. The van der Waals surface area contributed by atoms with Gasteiger partial charge in [-0.25, -0.2) is 9.97 Å². The number of carbonyl (C=O) groups is 1. The predicted octanol–water partition coefficient (Wildman–Crippen LogP) is 1.38. The summed E-state index contributed by atoms with van der Waals surface area (Å²) in [5.74, 6) is 1.06. The number of aryl methyl sites for hydroxylation is 1. The van der Waals surface area contributed by atoms with Crippen LogP contribution in [0.1, 0.15) is 41.6 Å². The van der Waals surface area contributed by atoms with E-state index in [0.29, 0.717) is 31.9 Å². The third kappa shape index (κ3) is 2.67. The van der Waals surface area contributed by atoms with E-state index in [1.807, 2.05) is 20.8 Å². The summed E-state index contributed by atoms with van der Waals surface area (Å²) in [5, 5.41) is 0. The van der Waals surface area contributed by atoms with Crippen LogP contribution in [0.2, 0.25) is 0 Å². The summed E-state index contributed by atoms with van der Waals surface area (Å²) in [4.78, 5) is 22.8. The SMILES string of the molecule is Cc1nc(C(C)C)ncc1C(=O)N1CCOCC1. The molecular weight excluding hydrogens is 230 g/mol. The summed E-state index contributed by atoms with van der Waals surface area (Å²) in [7, 11) is 0. The highest BCUT2D eigenvalue weighted by Crippen LogP contribution is 2.14. The Morgan fingerprint density at radius 1 is 1.39 bits per heavy atom. The lowest BCUT2D eigenvalue weighted by atomic mass is 10.1. The van der Waals surface area contributed by atoms with Crippen LogP contribution in [0.15, 0.2) is 6.20 Å². The second-order valence-corrected chi connectivity index (χ2v) is 4.79. The smallest absolute Gasteiger partial charge is 0.257 e. The van der Waals surface area contributed by atoms with Gasteiger partial charge in [-0.05, 0) is 6.92 Å². The van der Waals surface area contributed by atoms with Crippen LogP contribution in [0.25, 0.3) is 0 Å². The van der Waals surface area contributed by atoms with Gasteiger partial charge in [0.1, 0.15) is 5.82 Å². The van der Waals surface area contributed by atoms with Gasteiger partial charge >= 0.3 is 0 Å². The van der Waals surface area contributed by atoms with Crippen LogP contribution in [0.4, 0.5) is 0 Å². The van der Waals surface area contributed by atoms with Crippen LogP contribution >= 0.6 is 0 Å². The van der Waals surface area contributed by atoms with Crippen LogP contribution in [0, 0.1) is 6.92 Å². The quantitative estimate of drug-likeness (QED) is 0.794. The van der Waals surface area contributed by atoms with Crippen LogP contribution in [-0.2, 0) is 4.74 Å². The first-order chi connectivity index (χ1) is 8.59. The molecule has 0 atom stereocenters. The fraction of sp³-hybridized carbons (Fsp3) is 0.615. The molecule has 5 nitrogen and oxygen atoms in total. The number of morpholine rings is 1. The van der Waals surface area contributed by atoms with Crippen LogP contribution in [0.5, 0.6) is 0 Å². The molecule has 0 bridgehead atoms. The van der Waals surface area contributed by atoms with E-state index < -0.39 is 0 Å². The van der Waals surface area contributed by atoms with Gasteiger partial charge in [0.05, 0.1) is 24.5 Å².